The number of unbranched alkanes of at least 4 members (excludes halogenated alkanes) is 1. The first-order valence-corrected chi connectivity index (χ1v) is 29.8. The van der Waals surface area contributed by atoms with Crippen molar-refractivity contribution >= 4 is 82.9 Å². The van der Waals surface area contributed by atoms with E-state index in [9.17, 15) is 92.7 Å². The summed E-state index contributed by atoms with van der Waals surface area (Å²) in [6, 6.07) is -4.18. The van der Waals surface area contributed by atoms with Gasteiger partial charge in [-0.25, -0.2) is 4.79 Å². The Kier molecular flexibility index (Phi) is 33.8. The molecule has 0 unspecified atom stereocenters. The van der Waals surface area contributed by atoms with E-state index in [1.54, 1.807) is 27.7 Å². The molecule has 2 rings (SSSR count). The number of rotatable bonds is 42. The summed E-state index contributed by atoms with van der Waals surface area (Å²) in [7, 11) is 0. The summed E-state index contributed by atoms with van der Waals surface area (Å²) in [5.41, 5.74) is 18.1. The van der Waals surface area contributed by atoms with Crippen molar-refractivity contribution in [2.24, 2.45) is 35.0 Å². The van der Waals surface area contributed by atoms with E-state index in [2.05, 4.69) is 53.2 Å². The molecule has 11 atom stereocenters. The lowest BCUT2D eigenvalue weighted by Gasteiger charge is -2.29. The number of carbonyl (C=O) groups is 14. The van der Waals surface area contributed by atoms with Gasteiger partial charge in [0.1, 0.15) is 65.9 Å². The Bertz CT molecular complexity index is 2880. The van der Waals surface area contributed by atoms with Gasteiger partial charge < -0.3 is 101 Å². The number of nitrogens with two attached hydrogens (primary N) is 3. The molecule has 510 valence electrons. The van der Waals surface area contributed by atoms with Crippen molar-refractivity contribution < 1.29 is 97.8 Å². The highest BCUT2D eigenvalue weighted by atomic mass is 16.4. The fourth-order valence-corrected chi connectivity index (χ4v) is 8.89. The highest BCUT2D eigenvalue weighted by molar-refractivity contribution is 5.99. The van der Waals surface area contributed by atoms with Gasteiger partial charge in [-0.05, 0) is 98.2 Å². The number of aliphatic hydroxyl groups excluding tert-OH is 1. The number of phenols is 2. The van der Waals surface area contributed by atoms with Crippen LogP contribution >= 0.6 is 0 Å². The zero-order valence-corrected chi connectivity index (χ0v) is 52.2. The van der Waals surface area contributed by atoms with Gasteiger partial charge in [0.15, 0.2) is 0 Å². The molecule has 0 spiro atoms. The van der Waals surface area contributed by atoms with Crippen LogP contribution in [0.25, 0.3) is 0 Å². The number of aromatic hydroxyl groups is 2. The van der Waals surface area contributed by atoms with Crippen LogP contribution in [0.3, 0.4) is 0 Å². The van der Waals surface area contributed by atoms with Crippen molar-refractivity contribution in [2.75, 3.05) is 19.7 Å². The van der Waals surface area contributed by atoms with Gasteiger partial charge in [-0.2, -0.15) is 0 Å². The normalized spacial score (nSPS) is 14.7. The number of carbonyl (C=O) groups excluding carboxylic acids is 11. The molecule has 33 nitrogen and oxygen atoms in total. The molecule has 92 heavy (non-hydrogen) atoms. The Balaban J connectivity index is 2.33. The molecule has 22 N–H and O–H groups in total. The second-order valence-corrected chi connectivity index (χ2v) is 22.7. The van der Waals surface area contributed by atoms with E-state index in [0.717, 1.165) is 0 Å². The van der Waals surface area contributed by atoms with Gasteiger partial charge in [0.05, 0.1) is 25.6 Å². The number of aliphatic hydroxyl groups is 1. The predicted molar refractivity (Wildman–Crippen MR) is 326 cm³/mol. The highest BCUT2D eigenvalue weighted by Gasteiger charge is 2.37. The molecule has 0 aliphatic carbocycles. The van der Waals surface area contributed by atoms with E-state index in [4.69, 9.17) is 22.3 Å². The van der Waals surface area contributed by atoms with Gasteiger partial charge in [0.2, 0.25) is 65.0 Å². The Hall–Kier alpha value is -9.50. The second kappa shape index (κ2) is 39.6. The molecule has 0 bridgehead atoms. The van der Waals surface area contributed by atoms with Crippen LogP contribution in [0.5, 0.6) is 11.5 Å². The van der Waals surface area contributed by atoms with Gasteiger partial charge in [0.25, 0.3) is 0 Å². The summed E-state index contributed by atoms with van der Waals surface area (Å²) in [4.78, 5) is 184. The van der Waals surface area contributed by atoms with Crippen molar-refractivity contribution in [1.29, 1.82) is 0 Å². The Morgan fingerprint density at radius 2 is 0.880 bits per heavy atom. The van der Waals surface area contributed by atoms with E-state index in [-0.39, 0.29) is 50.1 Å². The number of aliphatic carboxylic acids is 3. The van der Waals surface area contributed by atoms with Crippen LogP contribution in [-0.2, 0) is 80.0 Å². The molecule has 2 aromatic rings. The smallest absolute Gasteiger partial charge is 0.326 e. The minimum absolute atomic E-state index is 0.0296. The van der Waals surface area contributed by atoms with Crippen molar-refractivity contribution in [3.63, 3.8) is 0 Å². The number of primary amides is 1. The number of hydrogen-bond donors (Lipinski definition) is 19. The Morgan fingerprint density at radius 1 is 0.467 bits per heavy atom. The molecule has 0 saturated heterocycles. The third kappa shape index (κ3) is 28.1. The standard InChI is InChI=1S/C59H89N13O20/c1-7-31(6)49(58(90)65-38(19-21-45(78)79)53(85)69-42(28-73)55(87)72-47(29(2)3)56(88)64-37(10-8-9-23-60)52(84)66-39(59(91)92)20-22-46(80)81)70-44(77)27-63-51(83)40(25-33-13-17-35(75)18-14-33)68-57(89)48(30(4)5)71-54(86)41(26-43(62)76)67-50(82)36(61)24-32-11-15-34(74)16-12-32/h11-18,29-31,36-42,47-49,73-75H,7-10,19-28,60-61H2,1-6H3,(H2,62,76)(H,63,83)(H,64,88)(H,65,90)(H,66,84)(H,67,82)(H,68,89)(H,69,85)(H,70,77)(H,71,86)(H,72,87)(H,78,79)(H,80,81)(H,91,92)/t31-,36-,37-,38-,39-,40-,41-,42-,47-,48-,49-/m0/s1. The number of benzene rings is 2. The van der Waals surface area contributed by atoms with E-state index in [1.807, 2.05) is 0 Å². The summed E-state index contributed by atoms with van der Waals surface area (Å²) in [6.07, 6.45) is -2.65. The lowest BCUT2D eigenvalue weighted by Crippen LogP contribution is -2.61. The average Bonchev–Trinajstić information content (AvgIpc) is 0.986. The van der Waals surface area contributed by atoms with Crippen molar-refractivity contribution in [3.05, 3.63) is 59.7 Å². The van der Waals surface area contributed by atoms with Crippen LogP contribution < -0.4 is 70.4 Å². The van der Waals surface area contributed by atoms with E-state index in [0.29, 0.717) is 17.5 Å². The van der Waals surface area contributed by atoms with E-state index in [1.165, 1.54) is 62.4 Å². The van der Waals surface area contributed by atoms with E-state index >= 15 is 0 Å². The highest BCUT2D eigenvalue weighted by Crippen LogP contribution is 2.16. The lowest BCUT2D eigenvalue weighted by molar-refractivity contribution is -0.143. The first kappa shape index (κ1) is 78.6. The molecule has 0 fully saturated rings. The predicted octanol–water partition coefficient (Wildman–Crippen LogP) is -4.14. The fourth-order valence-electron chi connectivity index (χ4n) is 8.89. The van der Waals surface area contributed by atoms with Gasteiger partial charge in [-0.1, -0.05) is 72.2 Å². The number of nitrogens with one attached hydrogen (secondary N) is 10. The molecule has 11 amide bonds. The van der Waals surface area contributed by atoms with Crippen LogP contribution in [0.4, 0.5) is 0 Å². The van der Waals surface area contributed by atoms with Gasteiger partial charge in [0, 0.05) is 19.3 Å². The number of carboxylic acid groups (broad SMARTS) is 3. The average molecular weight is 1300 g/mol. The van der Waals surface area contributed by atoms with Crippen LogP contribution in [0.1, 0.15) is 110 Å². The summed E-state index contributed by atoms with van der Waals surface area (Å²) in [5.74, 6) is -17.8. The topological polar surface area (TPSA) is 559 Å². The first-order chi connectivity index (χ1) is 43.2. The maximum Gasteiger partial charge on any atom is 0.326 e. The SMILES string of the molecule is CC[C@H](C)[C@H](NC(=O)CNC(=O)[C@H](Cc1ccc(O)cc1)NC(=O)[C@@H](NC(=O)[C@H](CC(N)=O)NC(=O)[C@@H](N)Cc1ccc(O)cc1)C(C)C)C(=O)N[C@@H](CCC(=O)O)C(=O)N[C@@H](CO)C(=O)N[C@H](C(=O)N[C@@H](CCCCN)C(=O)N[C@@H](CCC(=O)O)C(=O)O)C(C)C. The molecule has 0 aliphatic heterocycles. The fraction of sp³-hybridized carbons (Fsp3) is 0.559. The van der Waals surface area contributed by atoms with Gasteiger partial charge in [-0.3, -0.25) is 62.3 Å². The largest absolute Gasteiger partial charge is 0.508 e. The van der Waals surface area contributed by atoms with Crippen molar-refractivity contribution in [2.45, 2.75) is 173 Å². The summed E-state index contributed by atoms with van der Waals surface area (Å²) in [6.45, 7) is 7.49. The van der Waals surface area contributed by atoms with E-state index < -0.39 is 206 Å². The molecule has 33 heteroatoms. The minimum atomic E-state index is -1.87. The van der Waals surface area contributed by atoms with Crippen LogP contribution in [0.2, 0.25) is 0 Å². The van der Waals surface area contributed by atoms with Gasteiger partial charge >= 0.3 is 17.9 Å². The number of hydrogen-bond acceptors (Lipinski definition) is 19. The molecular formula is C59H89N13O20. The molecule has 0 aromatic heterocycles. The third-order valence-corrected chi connectivity index (χ3v) is 14.4. The molecule has 2 aromatic carbocycles. The quantitative estimate of drug-likeness (QED) is 0.0281. The summed E-state index contributed by atoms with van der Waals surface area (Å²) in [5, 5.41) is 82.1. The zero-order valence-electron chi connectivity index (χ0n) is 52.2. The van der Waals surface area contributed by atoms with Gasteiger partial charge in [-0.15, -0.1) is 0 Å². The van der Waals surface area contributed by atoms with Crippen LogP contribution in [0, 0.1) is 17.8 Å². The zero-order chi connectivity index (χ0) is 69.5. The monoisotopic (exact) mass is 1300 g/mol. The maximum atomic E-state index is 14.1. The van der Waals surface area contributed by atoms with Crippen molar-refractivity contribution in [1.82, 2.24) is 53.2 Å². The molecule has 0 aliphatic rings. The summed E-state index contributed by atoms with van der Waals surface area (Å²) >= 11 is 0. The first-order valence-electron chi connectivity index (χ1n) is 29.8. The Labute approximate surface area is 530 Å². The maximum absolute atomic E-state index is 14.1. The lowest BCUT2D eigenvalue weighted by atomic mass is 9.97. The molecular weight excluding hydrogens is 1210 g/mol. The van der Waals surface area contributed by atoms with Crippen molar-refractivity contribution in [3.8, 4) is 11.5 Å². The Morgan fingerprint density at radius 3 is 1.33 bits per heavy atom. The number of phenolic OH excluding ortho intramolecular Hbond substituents is 2. The molecule has 0 radical (unpaired) electrons. The number of carboxylic acids is 3. The van der Waals surface area contributed by atoms with Crippen LogP contribution in [0.15, 0.2) is 48.5 Å². The number of amides is 11. The molecule has 0 saturated carbocycles. The van der Waals surface area contributed by atoms with Crippen LogP contribution in [-0.4, -0.2) is 194 Å². The second-order valence-electron chi connectivity index (χ2n) is 22.7. The third-order valence-electron chi connectivity index (χ3n) is 14.4. The molecule has 0 heterocycles. The summed E-state index contributed by atoms with van der Waals surface area (Å²) < 4.78 is 0. The minimum Gasteiger partial charge on any atom is -0.508 e.